The zero-order valence-electron chi connectivity index (χ0n) is 12.2. The summed E-state index contributed by atoms with van der Waals surface area (Å²) in [6, 6.07) is 6.21. The van der Waals surface area contributed by atoms with Crippen molar-refractivity contribution in [3.05, 3.63) is 29.3 Å². The largest absolute Gasteiger partial charge is 0.493 e. The molecular formula is C16H26O3. The van der Waals surface area contributed by atoms with Crippen molar-refractivity contribution in [2.24, 2.45) is 0 Å². The van der Waals surface area contributed by atoms with E-state index >= 15 is 0 Å². The number of rotatable bonds is 8. The normalized spacial score (nSPS) is 12.7. The Balaban J connectivity index is 2.77. The zero-order chi connectivity index (χ0) is 14.3. The molecule has 0 heterocycles. The van der Waals surface area contributed by atoms with Gasteiger partial charge in [-0.05, 0) is 42.4 Å². The fourth-order valence-electron chi connectivity index (χ4n) is 1.97. The molecule has 1 aromatic carbocycles. The zero-order valence-corrected chi connectivity index (χ0v) is 12.2. The lowest BCUT2D eigenvalue weighted by atomic mass is 9.97. The van der Waals surface area contributed by atoms with Crippen LogP contribution in [0.4, 0.5) is 0 Å². The van der Waals surface area contributed by atoms with Crippen LogP contribution in [0.2, 0.25) is 0 Å². The van der Waals surface area contributed by atoms with E-state index in [9.17, 15) is 5.11 Å². The molecule has 3 heteroatoms. The van der Waals surface area contributed by atoms with Gasteiger partial charge in [0.15, 0.2) is 0 Å². The summed E-state index contributed by atoms with van der Waals surface area (Å²) in [5, 5.41) is 18.2. The van der Waals surface area contributed by atoms with Gasteiger partial charge in [-0.15, -0.1) is 0 Å². The van der Waals surface area contributed by atoms with Crippen molar-refractivity contribution in [2.75, 3.05) is 13.2 Å². The van der Waals surface area contributed by atoms with Crippen molar-refractivity contribution >= 4 is 0 Å². The van der Waals surface area contributed by atoms with Gasteiger partial charge in [0.05, 0.1) is 19.3 Å². The van der Waals surface area contributed by atoms with E-state index in [1.54, 1.807) is 0 Å². The molecule has 0 aromatic heterocycles. The van der Waals surface area contributed by atoms with Gasteiger partial charge in [-0.25, -0.2) is 0 Å². The summed E-state index contributed by atoms with van der Waals surface area (Å²) in [5.74, 6) is 1.37. The topological polar surface area (TPSA) is 49.7 Å². The molecule has 0 saturated carbocycles. The quantitative estimate of drug-likeness (QED) is 0.760. The average Bonchev–Trinajstić information content (AvgIpc) is 2.42. The smallest absolute Gasteiger partial charge is 0.122 e. The van der Waals surface area contributed by atoms with E-state index in [4.69, 9.17) is 9.84 Å². The number of aryl methyl sites for hydroxylation is 1. The molecule has 1 aromatic rings. The summed E-state index contributed by atoms with van der Waals surface area (Å²) in [7, 11) is 0. The molecule has 2 N–H and O–H groups in total. The predicted molar refractivity (Wildman–Crippen MR) is 77.7 cm³/mol. The maximum Gasteiger partial charge on any atom is 0.122 e. The summed E-state index contributed by atoms with van der Waals surface area (Å²) in [6.07, 6.45) is 1.74. The first-order chi connectivity index (χ1) is 9.08. The SMILES string of the molecule is CCCOc1ccc(CCC(O)CO)cc1C(C)C. The average molecular weight is 266 g/mol. The molecule has 1 rings (SSSR count). The second-order valence-corrected chi connectivity index (χ2v) is 5.25. The fraction of sp³-hybridized carbons (Fsp3) is 0.625. The first-order valence-corrected chi connectivity index (χ1v) is 7.13. The van der Waals surface area contributed by atoms with Crippen LogP contribution in [-0.2, 0) is 6.42 Å². The monoisotopic (exact) mass is 266 g/mol. The predicted octanol–water partition coefficient (Wildman–Crippen LogP) is 2.88. The van der Waals surface area contributed by atoms with Gasteiger partial charge in [0.1, 0.15) is 5.75 Å². The molecule has 0 bridgehead atoms. The molecule has 0 aliphatic heterocycles. The fourth-order valence-corrected chi connectivity index (χ4v) is 1.97. The molecule has 108 valence electrons. The van der Waals surface area contributed by atoms with Crippen LogP contribution in [0, 0.1) is 0 Å². The third-order valence-electron chi connectivity index (χ3n) is 3.13. The Morgan fingerprint density at radius 2 is 2.00 bits per heavy atom. The minimum Gasteiger partial charge on any atom is -0.493 e. The van der Waals surface area contributed by atoms with Crippen molar-refractivity contribution in [2.45, 2.75) is 52.1 Å². The molecule has 0 saturated heterocycles. The highest BCUT2D eigenvalue weighted by Crippen LogP contribution is 2.28. The van der Waals surface area contributed by atoms with Gasteiger partial charge in [-0.1, -0.05) is 32.9 Å². The second-order valence-electron chi connectivity index (χ2n) is 5.25. The second kappa shape index (κ2) is 8.18. The van der Waals surface area contributed by atoms with Crippen molar-refractivity contribution in [1.82, 2.24) is 0 Å². The Kier molecular flexibility index (Phi) is 6.89. The Morgan fingerprint density at radius 1 is 1.26 bits per heavy atom. The third-order valence-corrected chi connectivity index (χ3v) is 3.13. The molecule has 0 amide bonds. The van der Waals surface area contributed by atoms with E-state index in [-0.39, 0.29) is 6.61 Å². The van der Waals surface area contributed by atoms with Crippen molar-refractivity contribution < 1.29 is 14.9 Å². The maximum absolute atomic E-state index is 9.39. The first kappa shape index (κ1) is 16.0. The lowest BCUT2D eigenvalue weighted by Crippen LogP contribution is -2.12. The number of aliphatic hydroxyl groups is 2. The third kappa shape index (κ3) is 5.21. The van der Waals surface area contributed by atoms with Crippen LogP contribution in [0.5, 0.6) is 5.75 Å². The molecular weight excluding hydrogens is 240 g/mol. The Hall–Kier alpha value is -1.06. The summed E-state index contributed by atoms with van der Waals surface area (Å²) < 4.78 is 5.76. The van der Waals surface area contributed by atoms with Crippen LogP contribution in [-0.4, -0.2) is 29.5 Å². The summed E-state index contributed by atoms with van der Waals surface area (Å²) in [5.41, 5.74) is 2.39. The van der Waals surface area contributed by atoms with E-state index in [0.717, 1.165) is 25.2 Å². The van der Waals surface area contributed by atoms with Crippen LogP contribution in [0.15, 0.2) is 18.2 Å². The van der Waals surface area contributed by atoms with Crippen LogP contribution < -0.4 is 4.74 Å². The maximum atomic E-state index is 9.39. The highest BCUT2D eigenvalue weighted by molar-refractivity contribution is 5.39. The standard InChI is InChI=1S/C16H26O3/c1-4-9-19-16-8-6-13(5-7-14(18)11-17)10-15(16)12(2)3/h6,8,10,12,14,17-18H,4-5,7,9,11H2,1-3H3. The van der Waals surface area contributed by atoms with Crippen LogP contribution in [0.25, 0.3) is 0 Å². The molecule has 0 aliphatic rings. The van der Waals surface area contributed by atoms with Crippen molar-refractivity contribution in [3.8, 4) is 5.75 Å². The Labute approximate surface area is 116 Å². The number of benzene rings is 1. The van der Waals surface area contributed by atoms with E-state index in [0.29, 0.717) is 12.3 Å². The lowest BCUT2D eigenvalue weighted by Gasteiger charge is -2.16. The van der Waals surface area contributed by atoms with Gasteiger partial charge >= 0.3 is 0 Å². The minimum atomic E-state index is -0.626. The Bertz CT molecular complexity index is 374. The van der Waals surface area contributed by atoms with E-state index in [1.165, 1.54) is 11.1 Å². The molecule has 0 radical (unpaired) electrons. The molecule has 19 heavy (non-hydrogen) atoms. The van der Waals surface area contributed by atoms with Gasteiger partial charge in [-0.3, -0.25) is 0 Å². The van der Waals surface area contributed by atoms with Crippen LogP contribution in [0.1, 0.15) is 50.7 Å². The van der Waals surface area contributed by atoms with Gasteiger partial charge < -0.3 is 14.9 Å². The number of aliphatic hydroxyl groups excluding tert-OH is 2. The summed E-state index contributed by atoms with van der Waals surface area (Å²) in [6.45, 7) is 6.97. The summed E-state index contributed by atoms with van der Waals surface area (Å²) >= 11 is 0. The number of hydrogen-bond acceptors (Lipinski definition) is 3. The van der Waals surface area contributed by atoms with Crippen LogP contribution in [0.3, 0.4) is 0 Å². The van der Waals surface area contributed by atoms with Gasteiger partial charge in [0, 0.05) is 0 Å². The first-order valence-electron chi connectivity index (χ1n) is 7.13. The van der Waals surface area contributed by atoms with Gasteiger partial charge in [0.25, 0.3) is 0 Å². The molecule has 0 fully saturated rings. The van der Waals surface area contributed by atoms with Crippen LogP contribution >= 0.6 is 0 Å². The van der Waals surface area contributed by atoms with E-state index in [1.807, 2.05) is 12.1 Å². The van der Waals surface area contributed by atoms with Crippen molar-refractivity contribution in [3.63, 3.8) is 0 Å². The Morgan fingerprint density at radius 3 is 2.58 bits per heavy atom. The molecule has 0 aliphatic carbocycles. The molecule has 3 nitrogen and oxygen atoms in total. The summed E-state index contributed by atoms with van der Waals surface area (Å²) in [4.78, 5) is 0. The van der Waals surface area contributed by atoms with Gasteiger partial charge in [0.2, 0.25) is 0 Å². The lowest BCUT2D eigenvalue weighted by molar-refractivity contribution is 0.0886. The molecule has 1 unspecified atom stereocenters. The molecule has 1 atom stereocenters. The minimum absolute atomic E-state index is 0.172. The highest BCUT2D eigenvalue weighted by Gasteiger charge is 2.10. The number of ether oxygens (including phenoxy) is 1. The highest BCUT2D eigenvalue weighted by atomic mass is 16.5. The van der Waals surface area contributed by atoms with Crippen molar-refractivity contribution in [1.29, 1.82) is 0 Å². The molecule has 0 spiro atoms. The van der Waals surface area contributed by atoms with E-state index < -0.39 is 6.10 Å². The number of hydrogen-bond donors (Lipinski definition) is 2. The van der Waals surface area contributed by atoms with E-state index in [2.05, 4.69) is 26.8 Å². The van der Waals surface area contributed by atoms with Gasteiger partial charge in [-0.2, -0.15) is 0 Å².